The van der Waals surface area contributed by atoms with Gasteiger partial charge in [0.05, 0.1) is 16.7 Å². The normalized spacial score (nSPS) is 17.8. The Bertz CT molecular complexity index is 842. The van der Waals surface area contributed by atoms with Gasteiger partial charge in [-0.05, 0) is 50.3 Å². The second-order valence-corrected chi connectivity index (χ2v) is 8.60. The molecule has 0 saturated heterocycles. The molecule has 0 spiro atoms. The predicted molar refractivity (Wildman–Crippen MR) is 111 cm³/mol. The number of carbonyl (C=O) groups excluding carboxylic acids is 4. The minimum absolute atomic E-state index is 0.132. The number of nitrogens with zero attached hydrogens (tertiary/aromatic N) is 1. The van der Waals surface area contributed by atoms with E-state index in [1.54, 1.807) is 0 Å². The maximum atomic E-state index is 12.6. The topological polar surface area (TPSA) is 92.8 Å². The van der Waals surface area contributed by atoms with Gasteiger partial charge in [0.1, 0.15) is 0 Å². The molecule has 1 aromatic carbocycles. The third-order valence-corrected chi connectivity index (χ3v) is 5.74. The largest absolute Gasteiger partial charge is 0.449 e. The molecule has 162 valence electrons. The van der Waals surface area contributed by atoms with Crippen molar-refractivity contribution in [3.63, 3.8) is 0 Å². The van der Waals surface area contributed by atoms with E-state index in [2.05, 4.69) is 5.32 Å². The van der Waals surface area contributed by atoms with E-state index in [0.29, 0.717) is 24.4 Å². The third kappa shape index (κ3) is 4.89. The molecule has 3 amide bonds. The monoisotopic (exact) mass is 414 g/mol. The molecular weight excluding hydrogens is 384 g/mol. The number of fused-ring (bicyclic) bond motifs is 1. The van der Waals surface area contributed by atoms with Crippen molar-refractivity contribution in [2.45, 2.75) is 71.4 Å². The van der Waals surface area contributed by atoms with Crippen molar-refractivity contribution in [2.24, 2.45) is 5.92 Å². The van der Waals surface area contributed by atoms with Crippen LogP contribution in [0.5, 0.6) is 0 Å². The SMILES string of the molecule is CC(C)CCN1C(=O)c2ccc(C(=O)OC(C)C(=O)NC3CCCCC3)cc2C1=O. The molecule has 1 heterocycles. The van der Waals surface area contributed by atoms with Crippen molar-refractivity contribution in [3.8, 4) is 0 Å². The van der Waals surface area contributed by atoms with Gasteiger partial charge in [0.15, 0.2) is 6.10 Å². The Balaban J connectivity index is 1.63. The molecule has 0 bridgehead atoms. The van der Waals surface area contributed by atoms with Crippen LogP contribution in [0.15, 0.2) is 18.2 Å². The Labute approximate surface area is 177 Å². The van der Waals surface area contributed by atoms with Gasteiger partial charge in [-0.15, -0.1) is 0 Å². The number of amides is 3. The predicted octanol–water partition coefficient (Wildman–Crippen LogP) is 3.32. The summed E-state index contributed by atoms with van der Waals surface area (Å²) in [7, 11) is 0. The fourth-order valence-corrected chi connectivity index (χ4v) is 3.86. The molecule has 1 saturated carbocycles. The summed E-state index contributed by atoms with van der Waals surface area (Å²) >= 11 is 0. The quantitative estimate of drug-likeness (QED) is 0.546. The van der Waals surface area contributed by atoms with Crippen LogP contribution in [0.25, 0.3) is 0 Å². The summed E-state index contributed by atoms with van der Waals surface area (Å²) in [4.78, 5) is 51.2. The third-order valence-electron chi connectivity index (χ3n) is 5.74. The van der Waals surface area contributed by atoms with E-state index >= 15 is 0 Å². The van der Waals surface area contributed by atoms with Gasteiger partial charge < -0.3 is 10.1 Å². The van der Waals surface area contributed by atoms with Crippen LogP contribution < -0.4 is 5.32 Å². The van der Waals surface area contributed by atoms with E-state index in [1.165, 1.54) is 36.4 Å². The summed E-state index contributed by atoms with van der Waals surface area (Å²) in [5.74, 6) is -1.38. The van der Waals surface area contributed by atoms with Crippen LogP contribution in [-0.2, 0) is 9.53 Å². The number of imide groups is 1. The zero-order valence-electron chi connectivity index (χ0n) is 17.9. The Hall–Kier alpha value is -2.70. The molecule has 7 heteroatoms. The molecule has 1 N–H and O–H groups in total. The molecule has 0 radical (unpaired) electrons. The number of rotatable bonds is 7. The van der Waals surface area contributed by atoms with Crippen LogP contribution in [0.4, 0.5) is 0 Å². The minimum Gasteiger partial charge on any atom is -0.449 e. The average Bonchev–Trinajstić information content (AvgIpc) is 2.96. The molecule has 1 unspecified atom stereocenters. The van der Waals surface area contributed by atoms with E-state index in [1.807, 2.05) is 13.8 Å². The number of hydrogen-bond donors (Lipinski definition) is 1. The lowest BCUT2D eigenvalue weighted by atomic mass is 9.95. The molecular formula is C23H30N2O5. The van der Waals surface area contributed by atoms with Crippen molar-refractivity contribution in [3.05, 3.63) is 34.9 Å². The number of esters is 1. The van der Waals surface area contributed by atoms with Crippen LogP contribution in [0.2, 0.25) is 0 Å². The molecule has 1 aliphatic heterocycles. The number of hydrogen-bond acceptors (Lipinski definition) is 5. The number of nitrogens with one attached hydrogen (secondary N) is 1. The maximum Gasteiger partial charge on any atom is 0.338 e. The number of ether oxygens (including phenoxy) is 1. The zero-order chi connectivity index (χ0) is 21.8. The summed E-state index contributed by atoms with van der Waals surface area (Å²) in [6.45, 7) is 5.93. The molecule has 1 atom stereocenters. The van der Waals surface area contributed by atoms with E-state index in [-0.39, 0.29) is 29.0 Å². The van der Waals surface area contributed by atoms with Gasteiger partial charge >= 0.3 is 5.97 Å². The second kappa shape index (κ2) is 9.41. The standard InChI is InChI=1S/C23H30N2O5/c1-14(2)11-12-25-21(27)18-10-9-16(13-19(18)22(25)28)23(29)30-15(3)20(26)24-17-7-5-4-6-8-17/h9-10,13-15,17H,4-8,11-12H2,1-3H3,(H,24,26). The van der Waals surface area contributed by atoms with Gasteiger partial charge in [-0.1, -0.05) is 33.1 Å². The first kappa shape index (κ1) is 22.0. The van der Waals surface area contributed by atoms with Crippen molar-refractivity contribution < 1.29 is 23.9 Å². The van der Waals surface area contributed by atoms with Gasteiger partial charge in [0.2, 0.25) is 0 Å². The summed E-state index contributed by atoms with van der Waals surface area (Å²) in [5, 5.41) is 2.94. The van der Waals surface area contributed by atoms with E-state index < -0.39 is 18.0 Å². The lowest BCUT2D eigenvalue weighted by Crippen LogP contribution is -2.42. The summed E-state index contributed by atoms with van der Waals surface area (Å²) in [5.41, 5.74) is 0.652. The minimum atomic E-state index is -0.937. The molecule has 30 heavy (non-hydrogen) atoms. The highest BCUT2D eigenvalue weighted by atomic mass is 16.5. The highest BCUT2D eigenvalue weighted by molar-refractivity contribution is 6.22. The summed E-state index contributed by atoms with van der Waals surface area (Å²) in [6.07, 6.45) is 5.04. The Morgan fingerprint density at radius 2 is 1.73 bits per heavy atom. The van der Waals surface area contributed by atoms with Gasteiger partial charge in [-0.3, -0.25) is 19.3 Å². The van der Waals surface area contributed by atoms with Crippen molar-refractivity contribution >= 4 is 23.7 Å². The molecule has 3 rings (SSSR count). The smallest absolute Gasteiger partial charge is 0.338 e. The summed E-state index contributed by atoms with van der Waals surface area (Å²) in [6, 6.07) is 4.46. The highest BCUT2D eigenvalue weighted by Gasteiger charge is 2.36. The molecule has 0 aromatic heterocycles. The maximum absolute atomic E-state index is 12.6. The van der Waals surface area contributed by atoms with E-state index in [9.17, 15) is 19.2 Å². The van der Waals surface area contributed by atoms with Crippen molar-refractivity contribution in [1.82, 2.24) is 10.2 Å². The van der Waals surface area contributed by atoms with Gasteiger partial charge in [0.25, 0.3) is 17.7 Å². The second-order valence-electron chi connectivity index (χ2n) is 8.60. The molecule has 1 aromatic rings. The average molecular weight is 415 g/mol. The van der Waals surface area contributed by atoms with Crippen molar-refractivity contribution in [2.75, 3.05) is 6.54 Å². The van der Waals surface area contributed by atoms with E-state index in [0.717, 1.165) is 25.7 Å². The lowest BCUT2D eigenvalue weighted by Gasteiger charge is -2.24. The van der Waals surface area contributed by atoms with Gasteiger partial charge in [0, 0.05) is 12.6 Å². The first-order valence-electron chi connectivity index (χ1n) is 10.8. The first-order chi connectivity index (χ1) is 14.3. The molecule has 2 aliphatic rings. The molecule has 1 aliphatic carbocycles. The Kier molecular flexibility index (Phi) is 6.90. The van der Waals surface area contributed by atoms with Crippen molar-refractivity contribution in [1.29, 1.82) is 0 Å². The zero-order valence-corrected chi connectivity index (χ0v) is 17.9. The van der Waals surface area contributed by atoms with Crippen LogP contribution in [0, 0.1) is 5.92 Å². The van der Waals surface area contributed by atoms with Gasteiger partial charge in [-0.25, -0.2) is 4.79 Å². The molecule has 7 nitrogen and oxygen atoms in total. The summed E-state index contributed by atoms with van der Waals surface area (Å²) < 4.78 is 5.31. The van der Waals surface area contributed by atoms with Crippen LogP contribution >= 0.6 is 0 Å². The van der Waals surface area contributed by atoms with Gasteiger partial charge in [-0.2, -0.15) is 0 Å². The number of benzene rings is 1. The van der Waals surface area contributed by atoms with Crippen LogP contribution in [-0.4, -0.2) is 47.3 Å². The molecule has 1 fully saturated rings. The Morgan fingerprint density at radius 1 is 1.07 bits per heavy atom. The lowest BCUT2D eigenvalue weighted by molar-refractivity contribution is -0.130. The first-order valence-corrected chi connectivity index (χ1v) is 10.8. The fourth-order valence-electron chi connectivity index (χ4n) is 3.86. The number of carbonyl (C=O) groups is 4. The Morgan fingerprint density at radius 3 is 2.40 bits per heavy atom. The van der Waals surface area contributed by atoms with Crippen LogP contribution in [0.3, 0.4) is 0 Å². The van der Waals surface area contributed by atoms with E-state index in [4.69, 9.17) is 4.74 Å². The van der Waals surface area contributed by atoms with Crippen LogP contribution in [0.1, 0.15) is 90.4 Å². The highest BCUT2D eigenvalue weighted by Crippen LogP contribution is 2.25. The fraction of sp³-hybridized carbons (Fsp3) is 0.565.